The van der Waals surface area contributed by atoms with E-state index in [1.54, 1.807) is 0 Å². The third kappa shape index (κ3) is 3.56. The third-order valence-electron chi connectivity index (χ3n) is 3.67. The van der Waals surface area contributed by atoms with Gasteiger partial charge in [0, 0.05) is 36.1 Å². The monoisotopic (exact) mass is 310 g/mol. The molecule has 1 fully saturated rings. The van der Waals surface area contributed by atoms with Crippen molar-refractivity contribution >= 4 is 29.3 Å². The number of rotatable bonds is 2. The van der Waals surface area contributed by atoms with Crippen molar-refractivity contribution in [2.45, 2.75) is 32.1 Å². The first-order valence-corrected chi connectivity index (χ1v) is 7.94. The first-order chi connectivity index (χ1) is 9.90. The predicted molar refractivity (Wildman–Crippen MR) is 83.1 cm³/mol. The van der Waals surface area contributed by atoms with Crippen LogP contribution < -0.4 is 5.32 Å². The Balaban J connectivity index is 2.24. The summed E-state index contributed by atoms with van der Waals surface area (Å²) >= 11 is 1.85. The lowest BCUT2D eigenvalue weighted by atomic mass is 10.1. The van der Waals surface area contributed by atoms with Gasteiger partial charge in [-0.2, -0.15) is 11.8 Å². The first-order valence-electron chi connectivity index (χ1n) is 6.90. The highest BCUT2D eigenvalue weighted by atomic mass is 32.2. The number of halogens is 1. The van der Waals surface area contributed by atoms with E-state index in [4.69, 9.17) is 0 Å². The zero-order chi connectivity index (χ0) is 15.6. The maximum Gasteiger partial charge on any atom is 0.254 e. The van der Waals surface area contributed by atoms with Gasteiger partial charge >= 0.3 is 0 Å². The molecule has 2 rings (SSSR count). The molecule has 1 N–H and O–H groups in total. The largest absolute Gasteiger partial charge is 0.334 e. The lowest BCUT2D eigenvalue weighted by molar-refractivity contribution is -0.114. The van der Waals surface area contributed by atoms with E-state index in [0.29, 0.717) is 17.4 Å². The molecule has 1 saturated heterocycles. The fraction of sp³-hybridized carbons (Fsp3) is 0.467. The second-order valence-electron chi connectivity index (χ2n) is 5.19. The molecule has 21 heavy (non-hydrogen) atoms. The van der Waals surface area contributed by atoms with Crippen LogP contribution in [0.25, 0.3) is 0 Å². The maximum atomic E-state index is 13.6. The Hall–Kier alpha value is -1.56. The van der Waals surface area contributed by atoms with Crippen molar-refractivity contribution in [2.75, 3.05) is 17.6 Å². The first kappa shape index (κ1) is 15.8. The van der Waals surface area contributed by atoms with Gasteiger partial charge in [0.25, 0.3) is 5.91 Å². The molecule has 0 aromatic heterocycles. The number of nitrogens with one attached hydrogen (secondary N) is 1. The summed E-state index contributed by atoms with van der Waals surface area (Å²) in [5, 5.41) is 2.78. The van der Waals surface area contributed by atoms with Gasteiger partial charge in [-0.3, -0.25) is 9.59 Å². The van der Waals surface area contributed by atoms with Gasteiger partial charge in [-0.1, -0.05) is 6.92 Å². The second kappa shape index (κ2) is 6.47. The third-order valence-corrected chi connectivity index (χ3v) is 5.01. The van der Waals surface area contributed by atoms with E-state index in [1.165, 1.54) is 25.1 Å². The van der Waals surface area contributed by atoms with E-state index >= 15 is 0 Å². The van der Waals surface area contributed by atoms with Crippen molar-refractivity contribution in [3.63, 3.8) is 0 Å². The molecule has 1 aliphatic heterocycles. The molecule has 114 valence electrons. The highest BCUT2D eigenvalue weighted by Crippen LogP contribution is 2.26. The Morgan fingerprint density at radius 1 is 1.38 bits per heavy atom. The molecule has 0 aliphatic carbocycles. The maximum absolute atomic E-state index is 13.6. The van der Waals surface area contributed by atoms with Gasteiger partial charge in [0.05, 0.1) is 5.69 Å². The van der Waals surface area contributed by atoms with E-state index in [2.05, 4.69) is 12.2 Å². The number of anilines is 1. The van der Waals surface area contributed by atoms with Crippen molar-refractivity contribution in [1.82, 2.24) is 4.90 Å². The van der Waals surface area contributed by atoms with Crippen LogP contribution in [0.15, 0.2) is 18.2 Å². The Bertz CT molecular complexity index is 565. The summed E-state index contributed by atoms with van der Waals surface area (Å²) < 4.78 is 13.6. The van der Waals surface area contributed by atoms with Crippen LogP contribution in [0.2, 0.25) is 0 Å². The van der Waals surface area contributed by atoms with Gasteiger partial charge in [0.1, 0.15) is 5.82 Å². The van der Waals surface area contributed by atoms with Gasteiger partial charge in [0.2, 0.25) is 5.91 Å². The normalized spacial score (nSPS) is 22.0. The number of nitrogens with zero attached hydrogens (tertiary/aromatic N) is 1. The van der Waals surface area contributed by atoms with E-state index in [-0.39, 0.29) is 23.5 Å². The molecule has 0 spiro atoms. The topological polar surface area (TPSA) is 49.4 Å². The molecule has 1 aliphatic rings. The fourth-order valence-corrected chi connectivity index (χ4v) is 3.43. The SMILES string of the molecule is CC(=O)Nc1cc(C(=O)N2CCS[C@@H](C)[C@H]2C)ccc1F. The van der Waals surface area contributed by atoms with Crippen molar-refractivity contribution in [2.24, 2.45) is 0 Å². The summed E-state index contributed by atoms with van der Waals surface area (Å²) in [7, 11) is 0. The molecule has 2 amide bonds. The van der Waals surface area contributed by atoms with E-state index in [9.17, 15) is 14.0 Å². The summed E-state index contributed by atoms with van der Waals surface area (Å²) in [6.07, 6.45) is 0. The molecular formula is C15H19FN2O2S. The zero-order valence-electron chi connectivity index (χ0n) is 12.4. The van der Waals surface area contributed by atoms with Crippen molar-refractivity contribution in [3.8, 4) is 0 Å². The Labute approximate surface area is 128 Å². The molecule has 6 heteroatoms. The number of hydrogen-bond donors (Lipinski definition) is 1. The van der Waals surface area contributed by atoms with Crippen LogP contribution in [0.5, 0.6) is 0 Å². The highest BCUT2D eigenvalue weighted by molar-refractivity contribution is 8.00. The highest BCUT2D eigenvalue weighted by Gasteiger charge is 2.29. The molecule has 1 heterocycles. The minimum absolute atomic E-state index is 0.0421. The second-order valence-corrected chi connectivity index (χ2v) is 6.68. The molecule has 0 unspecified atom stereocenters. The molecule has 1 aromatic rings. The Morgan fingerprint density at radius 2 is 2.10 bits per heavy atom. The van der Waals surface area contributed by atoms with Gasteiger partial charge in [-0.25, -0.2) is 4.39 Å². The number of amides is 2. The van der Waals surface area contributed by atoms with Crippen LogP contribution in [-0.2, 0) is 4.79 Å². The van der Waals surface area contributed by atoms with Gasteiger partial charge in [-0.15, -0.1) is 0 Å². The average Bonchev–Trinajstić information content (AvgIpc) is 2.43. The number of hydrogen-bond acceptors (Lipinski definition) is 3. The molecular weight excluding hydrogens is 291 g/mol. The average molecular weight is 310 g/mol. The summed E-state index contributed by atoms with van der Waals surface area (Å²) in [4.78, 5) is 25.5. The van der Waals surface area contributed by atoms with Crippen LogP contribution >= 0.6 is 11.8 Å². The summed E-state index contributed by atoms with van der Waals surface area (Å²) in [6.45, 7) is 6.11. The smallest absolute Gasteiger partial charge is 0.254 e. The minimum atomic E-state index is -0.544. The summed E-state index contributed by atoms with van der Waals surface area (Å²) in [6, 6.07) is 4.21. The predicted octanol–water partition coefficient (Wildman–Crippen LogP) is 2.75. The molecule has 0 radical (unpaired) electrons. The van der Waals surface area contributed by atoms with Crippen molar-refractivity contribution in [1.29, 1.82) is 0 Å². The van der Waals surface area contributed by atoms with E-state index < -0.39 is 5.82 Å². The molecule has 0 bridgehead atoms. The molecule has 0 saturated carbocycles. The fourth-order valence-electron chi connectivity index (χ4n) is 2.33. The molecule has 4 nitrogen and oxygen atoms in total. The molecule has 1 aromatic carbocycles. The lowest BCUT2D eigenvalue weighted by Gasteiger charge is -2.37. The van der Waals surface area contributed by atoms with Crippen molar-refractivity contribution < 1.29 is 14.0 Å². The molecule has 2 atom stereocenters. The van der Waals surface area contributed by atoms with E-state index in [1.807, 2.05) is 23.6 Å². The number of carbonyl (C=O) groups is 2. The van der Waals surface area contributed by atoms with E-state index in [0.717, 1.165) is 5.75 Å². The van der Waals surface area contributed by atoms with Crippen LogP contribution in [-0.4, -0.2) is 40.3 Å². The van der Waals surface area contributed by atoms with Crippen LogP contribution in [0.3, 0.4) is 0 Å². The number of thioether (sulfide) groups is 1. The zero-order valence-corrected chi connectivity index (χ0v) is 13.2. The Morgan fingerprint density at radius 3 is 2.76 bits per heavy atom. The quantitative estimate of drug-likeness (QED) is 0.914. The van der Waals surface area contributed by atoms with Gasteiger partial charge in [0.15, 0.2) is 0 Å². The number of carbonyl (C=O) groups excluding carboxylic acids is 2. The van der Waals surface area contributed by atoms with Crippen LogP contribution in [0.1, 0.15) is 31.1 Å². The summed E-state index contributed by atoms with van der Waals surface area (Å²) in [5.41, 5.74) is 0.437. The van der Waals surface area contributed by atoms with Crippen LogP contribution in [0.4, 0.5) is 10.1 Å². The van der Waals surface area contributed by atoms with Gasteiger partial charge in [-0.05, 0) is 25.1 Å². The summed E-state index contributed by atoms with van der Waals surface area (Å²) in [5.74, 6) is -0.134. The lowest BCUT2D eigenvalue weighted by Crippen LogP contribution is -2.47. The van der Waals surface area contributed by atoms with Crippen LogP contribution in [0, 0.1) is 5.82 Å². The minimum Gasteiger partial charge on any atom is -0.334 e. The number of benzene rings is 1. The Kier molecular flexibility index (Phi) is 4.88. The van der Waals surface area contributed by atoms with Gasteiger partial charge < -0.3 is 10.2 Å². The standard InChI is InChI=1S/C15H19FN2O2S/c1-9-10(2)21-7-6-18(9)15(20)12-4-5-13(16)14(8-12)17-11(3)19/h4-5,8-10H,6-7H2,1-3H3,(H,17,19)/t9-,10+/m1/s1. The van der Waals surface area contributed by atoms with Crippen molar-refractivity contribution in [3.05, 3.63) is 29.6 Å².